The molecule has 20 heavy (non-hydrogen) atoms. The van der Waals surface area contributed by atoms with Crippen LogP contribution in [0.4, 0.5) is 0 Å². The van der Waals surface area contributed by atoms with Crippen molar-refractivity contribution in [2.45, 2.75) is 0 Å². The molecule has 0 aromatic heterocycles. The average molecular weight is 351 g/mol. The van der Waals surface area contributed by atoms with Crippen LogP contribution in [0.25, 0.3) is 0 Å². The van der Waals surface area contributed by atoms with Crippen molar-refractivity contribution in [3.8, 4) is 0 Å². The van der Waals surface area contributed by atoms with E-state index in [4.69, 9.17) is 13.0 Å². The van der Waals surface area contributed by atoms with E-state index in [0.29, 0.717) is 35.9 Å². The zero-order valence-electron chi connectivity index (χ0n) is 10.4. The Morgan fingerprint density at radius 2 is 0.900 bits per heavy atom. The van der Waals surface area contributed by atoms with E-state index in [1.165, 1.54) is 0 Å². The summed E-state index contributed by atoms with van der Waals surface area (Å²) in [5, 5.41) is 16.8. The predicted octanol–water partition coefficient (Wildman–Crippen LogP) is 2.65. The van der Waals surface area contributed by atoms with Gasteiger partial charge in [-0.3, -0.25) is 0 Å². The van der Waals surface area contributed by atoms with Crippen LogP contribution in [0.15, 0.2) is 60.7 Å². The summed E-state index contributed by atoms with van der Waals surface area (Å²) in [5.41, 5.74) is 0.662. The molecule has 5 nitrogen and oxygen atoms in total. The van der Waals surface area contributed by atoms with Crippen LogP contribution in [-0.4, -0.2) is 22.2 Å². The molecule has 2 rings (SSSR count). The Labute approximate surface area is 131 Å². The molecule has 0 saturated carbocycles. The molecule has 0 heterocycles. The normalized spacial score (nSPS) is 8.15. The SMILES string of the molecule is O=C(O)c1ccccc1.O=C(O)c1ccccc1.[O]=[Zr]. The van der Waals surface area contributed by atoms with Crippen molar-refractivity contribution in [1.29, 1.82) is 0 Å². The van der Waals surface area contributed by atoms with Crippen molar-refractivity contribution >= 4 is 11.9 Å². The standard InChI is InChI=1S/2C7H6O2.O.Zr/c2*8-7(9)6-4-2-1-3-5-6;;/h2*1-5H,(H,8,9);;. The molecule has 0 saturated heterocycles. The zero-order valence-corrected chi connectivity index (χ0v) is 12.9. The molecular formula is C14H12O5Zr. The van der Waals surface area contributed by atoms with Crippen LogP contribution < -0.4 is 0 Å². The van der Waals surface area contributed by atoms with Crippen molar-refractivity contribution in [2.24, 2.45) is 0 Å². The van der Waals surface area contributed by atoms with Crippen molar-refractivity contribution in [1.82, 2.24) is 0 Å². The van der Waals surface area contributed by atoms with Gasteiger partial charge in [0.1, 0.15) is 0 Å². The summed E-state index contributed by atoms with van der Waals surface area (Å²) in [6.45, 7) is 0. The molecule has 6 heteroatoms. The van der Waals surface area contributed by atoms with Gasteiger partial charge in [-0.25, -0.2) is 9.59 Å². The Bertz CT molecular complexity index is 478. The van der Waals surface area contributed by atoms with Gasteiger partial charge in [0.15, 0.2) is 0 Å². The average Bonchev–Trinajstić information content (AvgIpc) is 2.51. The van der Waals surface area contributed by atoms with Crippen LogP contribution in [-0.2, 0) is 27.5 Å². The first-order chi connectivity index (χ1) is 9.61. The molecular weight excluding hydrogens is 339 g/mol. The third-order valence-corrected chi connectivity index (χ3v) is 2.04. The third-order valence-electron chi connectivity index (χ3n) is 2.04. The Morgan fingerprint density at radius 3 is 1.05 bits per heavy atom. The first-order valence-corrected chi connectivity index (χ1v) is 6.38. The number of hydrogen-bond acceptors (Lipinski definition) is 3. The van der Waals surface area contributed by atoms with E-state index in [1.54, 1.807) is 60.7 Å². The molecule has 0 atom stereocenters. The zero-order chi connectivity index (χ0) is 15.4. The van der Waals surface area contributed by atoms with E-state index >= 15 is 0 Å². The fourth-order valence-corrected chi connectivity index (χ4v) is 1.16. The van der Waals surface area contributed by atoms with E-state index in [-0.39, 0.29) is 0 Å². The molecule has 0 unspecified atom stereocenters. The Kier molecular flexibility index (Phi) is 9.88. The number of carbonyl (C=O) groups is 2. The van der Waals surface area contributed by atoms with E-state index in [9.17, 15) is 9.59 Å². The van der Waals surface area contributed by atoms with Gasteiger partial charge in [0.2, 0.25) is 0 Å². The van der Waals surface area contributed by atoms with Gasteiger partial charge in [-0.2, -0.15) is 0 Å². The van der Waals surface area contributed by atoms with E-state index in [1.807, 2.05) is 0 Å². The van der Waals surface area contributed by atoms with Crippen LogP contribution in [0.3, 0.4) is 0 Å². The van der Waals surface area contributed by atoms with Crippen molar-refractivity contribution in [3.05, 3.63) is 71.8 Å². The predicted molar refractivity (Wildman–Crippen MR) is 67.5 cm³/mol. The van der Waals surface area contributed by atoms with Crippen LogP contribution in [0, 0.1) is 0 Å². The summed E-state index contributed by atoms with van der Waals surface area (Å²) in [6, 6.07) is 16.6. The Hall–Kier alpha value is -1.94. The molecule has 0 aliphatic rings. The monoisotopic (exact) mass is 350 g/mol. The van der Waals surface area contributed by atoms with Gasteiger partial charge in [0.05, 0.1) is 11.1 Å². The fourth-order valence-electron chi connectivity index (χ4n) is 1.16. The van der Waals surface area contributed by atoms with Crippen LogP contribution in [0.5, 0.6) is 0 Å². The maximum absolute atomic E-state index is 10.2. The molecule has 0 radical (unpaired) electrons. The second kappa shape index (κ2) is 10.9. The molecule has 0 bridgehead atoms. The van der Waals surface area contributed by atoms with E-state index < -0.39 is 11.9 Å². The van der Waals surface area contributed by atoms with Crippen LogP contribution in [0.2, 0.25) is 0 Å². The van der Waals surface area contributed by atoms with Gasteiger partial charge >= 0.3 is 39.5 Å². The summed E-state index contributed by atoms with van der Waals surface area (Å²) < 4.78 is 8.34. The maximum atomic E-state index is 10.2. The fraction of sp³-hybridized carbons (Fsp3) is 0. The minimum absolute atomic E-state index is 0.300. The minimum atomic E-state index is -0.879. The van der Waals surface area contributed by atoms with Gasteiger partial charge in [-0.05, 0) is 24.3 Å². The van der Waals surface area contributed by atoms with Crippen molar-refractivity contribution in [2.75, 3.05) is 0 Å². The summed E-state index contributed by atoms with van der Waals surface area (Å²) in [6.07, 6.45) is 0. The number of rotatable bonds is 2. The molecule has 2 N–H and O–H groups in total. The number of benzene rings is 2. The number of carboxylic acid groups (broad SMARTS) is 2. The first kappa shape index (κ1) is 18.1. The molecule has 0 aliphatic heterocycles. The summed E-state index contributed by atoms with van der Waals surface area (Å²) in [5.74, 6) is -1.76. The molecule has 102 valence electrons. The van der Waals surface area contributed by atoms with Crippen molar-refractivity contribution in [3.63, 3.8) is 0 Å². The molecule has 0 spiro atoms. The van der Waals surface area contributed by atoms with E-state index in [0.717, 1.165) is 0 Å². The van der Waals surface area contributed by atoms with Gasteiger partial charge in [-0.1, -0.05) is 36.4 Å². The first-order valence-electron chi connectivity index (χ1n) is 5.38. The van der Waals surface area contributed by atoms with Gasteiger partial charge < -0.3 is 10.2 Å². The van der Waals surface area contributed by atoms with Gasteiger partial charge in [-0.15, -0.1) is 0 Å². The van der Waals surface area contributed by atoms with E-state index in [2.05, 4.69) is 0 Å². The molecule has 0 fully saturated rings. The Morgan fingerprint density at radius 1 is 0.650 bits per heavy atom. The summed E-state index contributed by atoms with van der Waals surface area (Å²) in [7, 11) is 0. The molecule has 2 aromatic carbocycles. The Balaban J connectivity index is 0.000000321. The quantitative estimate of drug-likeness (QED) is 0.868. The van der Waals surface area contributed by atoms with Crippen LogP contribution >= 0.6 is 0 Å². The van der Waals surface area contributed by atoms with Crippen molar-refractivity contribution < 1.29 is 47.3 Å². The number of hydrogen-bond donors (Lipinski definition) is 2. The third kappa shape index (κ3) is 7.49. The second-order valence-electron chi connectivity index (χ2n) is 3.34. The molecule has 2 aromatic rings. The number of carboxylic acids is 2. The second-order valence-corrected chi connectivity index (χ2v) is 3.34. The molecule has 0 amide bonds. The number of aromatic carboxylic acids is 2. The summed E-state index contributed by atoms with van der Waals surface area (Å²) >= 11 is 0.300. The molecule has 0 aliphatic carbocycles. The van der Waals surface area contributed by atoms with Gasteiger partial charge in [0, 0.05) is 0 Å². The topological polar surface area (TPSA) is 91.7 Å². The van der Waals surface area contributed by atoms with Gasteiger partial charge in [0.25, 0.3) is 0 Å². The summed E-state index contributed by atoms with van der Waals surface area (Å²) in [4.78, 5) is 20.4. The van der Waals surface area contributed by atoms with Crippen LogP contribution in [0.1, 0.15) is 20.7 Å².